The largest absolute Gasteiger partial charge is 0.506 e. The quantitative estimate of drug-likeness (QED) is 0.668. The molecule has 0 fully saturated rings. The number of carbonyl (C=O) groups excluding carboxylic acids is 1. The topological polar surface area (TPSA) is 84.6 Å². The molecule has 1 unspecified atom stereocenters. The predicted octanol–water partition coefficient (Wildman–Crippen LogP) is 1.08. The number of phenolic OH excluding ortho intramolecular Hbond substituents is 1. The monoisotopic (exact) mass is 224 g/mol. The van der Waals surface area contributed by atoms with Crippen molar-refractivity contribution in [1.29, 1.82) is 0 Å². The highest BCUT2D eigenvalue weighted by Gasteiger charge is 2.13. The zero-order valence-corrected chi connectivity index (χ0v) is 9.36. The third-order valence-electron chi connectivity index (χ3n) is 2.24. The molecular formula is C11H16N2O3. The van der Waals surface area contributed by atoms with Crippen molar-refractivity contribution in [3.63, 3.8) is 0 Å². The van der Waals surface area contributed by atoms with Gasteiger partial charge in [-0.05, 0) is 18.6 Å². The second-order valence-corrected chi connectivity index (χ2v) is 3.39. The zero-order chi connectivity index (χ0) is 12.1. The Morgan fingerprint density at radius 2 is 2.31 bits per heavy atom. The Balaban J connectivity index is 2.78. The molecule has 1 aromatic rings. The first-order valence-electron chi connectivity index (χ1n) is 5.02. The molecule has 0 spiro atoms. The van der Waals surface area contributed by atoms with Gasteiger partial charge in [0.1, 0.15) is 11.5 Å². The first-order valence-corrected chi connectivity index (χ1v) is 5.02. The summed E-state index contributed by atoms with van der Waals surface area (Å²) in [7, 11) is 1.50. The molecule has 0 aliphatic heterocycles. The van der Waals surface area contributed by atoms with Crippen LogP contribution < -0.4 is 15.8 Å². The van der Waals surface area contributed by atoms with Crippen molar-refractivity contribution in [1.82, 2.24) is 0 Å². The highest BCUT2D eigenvalue weighted by molar-refractivity contribution is 5.95. The van der Waals surface area contributed by atoms with Gasteiger partial charge in [-0.3, -0.25) is 4.79 Å². The molecule has 88 valence electrons. The number of nitrogens with two attached hydrogens (primary N) is 1. The number of aromatic hydroxyl groups is 1. The molecule has 1 rings (SSSR count). The molecule has 1 atom stereocenters. The van der Waals surface area contributed by atoms with Crippen molar-refractivity contribution in [2.24, 2.45) is 5.73 Å². The Bertz CT molecular complexity index is 379. The SMILES string of the molecule is CCC(N)C(=O)Nc1ccc(OC)cc1O. The van der Waals surface area contributed by atoms with Gasteiger partial charge in [-0.2, -0.15) is 0 Å². The Hall–Kier alpha value is -1.75. The lowest BCUT2D eigenvalue weighted by Gasteiger charge is -2.11. The average molecular weight is 224 g/mol. The Labute approximate surface area is 94.2 Å². The minimum absolute atomic E-state index is 0.0454. The Kier molecular flexibility index (Phi) is 4.13. The van der Waals surface area contributed by atoms with E-state index < -0.39 is 6.04 Å². The maximum atomic E-state index is 11.5. The van der Waals surface area contributed by atoms with Gasteiger partial charge in [0.05, 0.1) is 18.8 Å². The normalized spacial score (nSPS) is 11.9. The number of anilines is 1. The van der Waals surface area contributed by atoms with Gasteiger partial charge in [-0.1, -0.05) is 6.92 Å². The average Bonchev–Trinajstić information content (AvgIpc) is 2.30. The molecular weight excluding hydrogens is 208 g/mol. The van der Waals surface area contributed by atoms with Crippen LogP contribution in [0.2, 0.25) is 0 Å². The maximum Gasteiger partial charge on any atom is 0.241 e. The predicted molar refractivity (Wildman–Crippen MR) is 61.6 cm³/mol. The molecule has 0 bridgehead atoms. The van der Waals surface area contributed by atoms with Crippen LogP contribution in [-0.2, 0) is 4.79 Å². The number of methoxy groups -OCH3 is 1. The lowest BCUT2D eigenvalue weighted by atomic mass is 10.2. The molecule has 16 heavy (non-hydrogen) atoms. The summed E-state index contributed by atoms with van der Waals surface area (Å²) in [6.07, 6.45) is 0.544. The molecule has 0 aliphatic rings. The molecule has 4 N–H and O–H groups in total. The van der Waals surface area contributed by atoms with Gasteiger partial charge in [0.15, 0.2) is 0 Å². The van der Waals surface area contributed by atoms with Crippen molar-refractivity contribution in [2.45, 2.75) is 19.4 Å². The van der Waals surface area contributed by atoms with Crippen LogP contribution >= 0.6 is 0 Å². The summed E-state index contributed by atoms with van der Waals surface area (Å²) in [4.78, 5) is 11.5. The van der Waals surface area contributed by atoms with E-state index in [1.807, 2.05) is 6.92 Å². The van der Waals surface area contributed by atoms with Crippen molar-refractivity contribution >= 4 is 11.6 Å². The summed E-state index contributed by atoms with van der Waals surface area (Å²) in [5, 5.41) is 12.1. The summed E-state index contributed by atoms with van der Waals surface area (Å²) in [6, 6.07) is 4.07. The van der Waals surface area contributed by atoms with Gasteiger partial charge in [0.25, 0.3) is 0 Å². The maximum absolute atomic E-state index is 11.5. The minimum atomic E-state index is -0.568. The number of benzene rings is 1. The molecule has 5 heteroatoms. The van der Waals surface area contributed by atoms with Gasteiger partial charge in [0.2, 0.25) is 5.91 Å². The molecule has 5 nitrogen and oxygen atoms in total. The van der Waals surface area contributed by atoms with Crippen LogP contribution in [0.25, 0.3) is 0 Å². The van der Waals surface area contributed by atoms with Crippen molar-refractivity contribution in [2.75, 3.05) is 12.4 Å². The van der Waals surface area contributed by atoms with Crippen molar-refractivity contribution in [3.8, 4) is 11.5 Å². The van der Waals surface area contributed by atoms with Crippen LogP contribution in [0.4, 0.5) is 5.69 Å². The van der Waals surface area contributed by atoms with Crippen LogP contribution in [0.5, 0.6) is 11.5 Å². The van der Waals surface area contributed by atoms with E-state index in [1.54, 1.807) is 12.1 Å². The Morgan fingerprint density at radius 3 is 2.81 bits per heavy atom. The van der Waals surface area contributed by atoms with E-state index >= 15 is 0 Å². The van der Waals surface area contributed by atoms with Crippen LogP contribution in [0.15, 0.2) is 18.2 Å². The summed E-state index contributed by atoms with van der Waals surface area (Å²) >= 11 is 0. The van der Waals surface area contributed by atoms with E-state index in [1.165, 1.54) is 13.2 Å². The number of amides is 1. The third kappa shape index (κ3) is 2.87. The number of hydrogen-bond acceptors (Lipinski definition) is 4. The summed E-state index contributed by atoms with van der Waals surface area (Å²) in [5.41, 5.74) is 5.88. The van der Waals surface area contributed by atoms with E-state index in [2.05, 4.69) is 5.32 Å². The van der Waals surface area contributed by atoms with Gasteiger partial charge in [0, 0.05) is 6.07 Å². The number of rotatable bonds is 4. The zero-order valence-electron chi connectivity index (χ0n) is 9.36. The molecule has 0 aromatic heterocycles. The first-order chi connectivity index (χ1) is 7.58. The van der Waals surface area contributed by atoms with E-state index in [-0.39, 0.29) is 11.7 Å². The molecule has 1 aromatic carbocycles. The number of ether oxygens (including phenoxy) is 1. The van der Waals surface area contributed by atoms with Crippen LogP contribution in [0, 0.1) is 0 Å². The molecule has 0 saturated heterocycles. The number of phenols is 1. The summed E-state index contributed by atoms with van der Waals surface area (Å²) < 4.78 is 4.93. The van der Waals surface area contributed by atoms with Gasteiger partial charge >= 0.3 is 0 Å². The van der Waals surface area contributed by atoms with E-state index in [4.69, 9.17) is 10.5 Å². The fraction of sp³-hybridized carbons (Fsp3) is 0.364. The Morgan fingerprint density at radius 1 is 1.62 bits per heavy atom. The summed E-state index contributed by atoms with van der Waals surface area (Å²) in [5.74, 6) is 0.161. The smallest absolute Gasteiger partial charge is 0.241 e. The highest BCUT2D eigenvalue weighted by atomic mass is 16.5. The standard InChI is InChI=1S/C11H16N2O3/c1-3-8(12)11(15)13-9-5-4-7(16-2)6-10(9)14/h4-6,8,14H,3,12H2,1-2H3,(H,13,15). The number of nitrogens with one attached hydrogen (secondary N) is 1. The lowest BCUT2D eigenvalue weighted by molar-refractivity contribution is -0.117. The fourth-order valence-electron chi connectivity index (χ4n) is 1.15. The third-order valence-corrected chi connectivity index (χ3v) is 2.24. The molecule has 0 heterocycles. The number of hydrogen-bond donors (Lipinski definition) is 3. The highest BCUT2D eigenvalue weighted by Crippen LogP contribution is 2.27. The fourth-order valence-corrected chi connectivity index (χ4v) is 1.15. The summed E-state index contributed by atoms with van der Waals surface area (Å²) in [6.45, 7) is 1.82. The van der Waals surface area contributed by atoms with Crippen LogP contribution in [0.3, 0.4) is 0 Å². The minimum Gasteiger partial charge on any atom is -0.506 e. The lowest BCUT2D eigenvalue weighted by Crippen LogP contribution is -2.34. The van der Waals surface area contributed by atoms with Gasteiger partial charge in [-0.25, -0.2) is 0 Å². The number of carbonyl (C=O) groups is 1. The van der Waals surface area contributed by atoms with Crippen LogP contribution in [-0.4, -0.2) is 24.2 Å². The van der Waals surface area contributed by atoms with E-state index in [0.717, 1.165) is 0 Å². The van der Waals surface area contributed by atoms with Crippen molar-refractivity contribution < 1.29 is 14.6 Å². The molecule has 0 saturated carbocycles. The van der Waals surface area contributed by atoms with Crippen LogP contribution in [0.1, 0.15) is 13.3 Å². The second kappa shape index (κ2) is 5.37. The molecule has 1 amide bonds. The molecule has 0 radical (unpaired) electrons. The molecule has 0 aliphatic carbocycles. The van der Waals surface area contributed by atoms with E-state index in [0.29, 0.717) is 17.9 Å². The van der Waals surface area contributed by atoms with Crippen molar-refractivity contribution in [3.05, 3.63) is 18.2 Å². The second-order valence-electron chi connectivity index (χ2n) is 3.39. The van der Waals surface area contributed by atoms with E-state index in [9.17, 15) is 9.90 Å². The first kappa shape index (κ1) is 12.3. The van der Waals surface area contributed by atoms with Gasteiger partial charge < -0.3 is 20.9 Å². The van der Waals surface area contributed by atoms with Gasteiger partial charge in [-0.15, -0.1) is 0 Å².